The molecule has 0 radical (unpaired) electrons. The van der Waals surface area contributed by atoms with Gasteiger partial charge in [0.25, 0.3) is 0 Å². The van der Waals surface area contributed by atoms with Crippen molar-refractivity contribution in [3.05, 3.63) is 0 Å². The molecule has 0 unspecified atom stereocenters. The zero-order valence-corrected chi connectivity index (χ0v) is 14.8. The van der Waals surface area contributed by atoms with Crippen LogP contribution in [0.5, 0.6) is 0 Å². The Hall–Kier alpha value is -0.570. The molecule has 3 nitrogen and oxygen atoms in total. The molecule has 0 bridgehead atoms. The molecule has 3 heteroatoms. The fourth-order valence-corrected chi connectivity index (χ4v) is 3.04. The molecule has 0 aromatic rings. The fourth-order valence-electron chi connectivity index (χ4n) is 3.04. The molecule has 2 atom stereocenters. The molecule has 0 aliphatic heterocycles. The lowest BCUT2D eigenvalue weighted by Gasteiger charge is -2.31. The predicted molar refractivity (Wildman–Crippen MR) is 85.7 cm³/mol. The van der Waals surface area contributed by atoms with Crippen molar-refractivity contribution in [3.63, 3.8) is 0 Å². The summed E-state index contributed by atoms with van der Waals surface area (Å²) in [6.45, 7) is 16.5. The number of hydrogen-bond acceptors (Lipinski definition) is 2. The first kappa shape index (κ1) is 19.4. The van der Waals surface area contributed by atoms with Crippen molar-refractivity contribution in [1.29, 1.82) is 0 Å². The summed E-state index contributed by atoms with van der Waals surface area (Å²) < 4.78 is 5.15. The number of nitrogens with one attached hydrogen (secondary N) is 1. The maximum Gasteiger partial charge on any atom is 0.225 e. The molecule has 0 aliphatic rings. The van der Waals surface area contributed by atoms with Gasteiger partial charge in [0, 0.05) is 25.7 Å². The van der Waals surface area contributed by atoms with Crippen molar-refractivity contribution in [2.75, 3.05) is 20.3 Å². The molecular weight excluding hydrogens is 250 g/mol. The molecule has 0 fully saturated rings. The molecule has 0 spiro atoms. The van der Waals surface area contributed by atoms with E-state index in [1.807, 2.05) is 13.8 Å². The van der Waals surface area contributed by atoms with Crippen LogP contribution in [0.2, 0.25) is 0 Å². The van der Waals surface area contributed by atoms with Crippen LogP contribution >= 0.6 is 0 Å². The topological polar surface area (TPSA) is 38.3 Å². The second-order valence-corrected chi connectivity index (χ2v) is 8.23. The maximum atomic E-state index is 12.3. The van der Waals surface area contributed by atoms with Gasteiger partial charge in [-0.3, -0.25) is 4.79 Å². The van der Waals surface area contributed by atoms with E-state index in [2.05, 4.69) is 39.9 Å². The summed E-state index contributed by atoms with van der Waals surface area (Å²) in [6.07, 6.45) is 1.97. The predicted octanol–water partition coefficient (Wildman–Crippen LogP) is 3.87. The zero-order chi connectivity index (χ0) is 16.0. The number of amides is 1. The van der Waals surface area contributed by atoms with E-state index in [9.17, 15) is 4.79 Å². The van der Waals surface area contributed by atoms with Gasteiger partial charge in [-0.1, -0.05) is 48.5 Å². The number of rotatable bonds is 8. The minimum Gasteiger partial charge on any atom is -0.384 e. The summed E-state index contributed by atoms with van der Waals surface area (Å²) in [4.78, 5) is 12.3. The third-order valence-corrected chi connectivity index (χ3v) is 3.45. The van der Waals surface area contributed by atoms with Gasteiger partial charge in [-0.15, -0.1) is 0 Å². The van der Waals surface area contributed by atoms with Gasteiger partial charge in [-0.05, 0) is 30.1 Å². The summed E-state index contributed by atoms with van der Waals surface area (Å²) in [6, 6.07) is 0. The van der Waals surface area contributed by atoms with Gasteiger partial charge in [0.05, 0.1) is 0 Å². The summed E-state index contributed by atoms with van der Waals surface area (Å²) in [7, 11) is 1.73. The van der Waals surface area contributed by atoms with Crippen LogP contribution in [0.25, 0.3) is 0 Å². The third-order valence-electron chi connectivity index (χ3n) is 3.45. The van der Waals surface area contributed by atoms with E-state index in [0.29, 0.717) is 11.8 Å². The highest BCUT2D eigenvalue weighted by atomic mass is 16.5. The zero-order valence-electron chi connectivity index (χ0n) is 14.8. The first-order valence-electron chi connectivity index (χ1n) is 7.75. The van der Waals surface area contributed by atoms with E-state index < -0.39 is 0 Å². The summed E-state index contributed by atoms with van der Waals surface area (Å²) in [5, 5.41) is 3.11. The second-order valence-electron chi connectivity index (χ2n) is 8.23. The minimum absolute atomic E-state index is 0.165. The van der Waals surface area contributed by atoms with Crippen molar-refractivity contribution in [2.24, 2.45) is 22.7 Å². The average molecular weight is 285 g/mol. The monoisotopic (exact) mass is 285 g/mol. The van der Waals surface area contributed by atoms with E-state index in [1.165, 1.54) is 0 Å². The maximum absolute atomic E-state index is 12.3. The van der Waals surface area contributed by atoms with Gasteiger partial charge in [-0.2, -0.15) is 0 Å². The molecule has 1 N–H and O–H groups in total. The van der Waals surface area contributed by atoms with Gasteiger partial charge in [-0.25, -0.2) is 0 Å². The van der Waals surface area contributed by atoms with Gasteiger partial charge in [0.2, 0.25) is 5.91 Å². The lowest BCUT2D eigenvalue weighted by atomic mass is 9.75. The number of ether oxygens (including phenoxy) is 1. The lowest BCUT2D eigenvalue weighted by molar-refractivity contribution is -0.131. The number of carbonyl (C=O) groups is 1. The Kier molecular flexibility index (Phi) is 7.79. The van der Waals surface area contributed by atoms with Gasteiger partial charge in [0.15, 0.2) is 0 Å². The van der Waals surface area contributed by atoms with Crippen molar-refractivity contribution in [3.8, 4) is 0 Å². The summed E-state index contributed by atoms with van der Waals surface area (Å²) >= 11 is 0. The fraction of sp³-hybridized carbons (Fsp3) is 0.941. The Labute approximate surface area is 125 Å². The molecule has 1 amide bonds. The molecule has 0 heterocycles. The van der Waals surface area contributed by atoms with Crippen LogP contribution in [-0.4, -0.2) is 26.2 Å². The Balaban J connectivity index is 4.21. The van der Waals surface area contributed by atoms with E-state index in [1.54, 1.807) is 7.11 Å². The van der Waals surface area contributed by atoms with Crippen LogP contribution in [0.4, 0.5) is 0 Å². The number of hydrogen-bond donors (Lipinski definition) is 1. The highest BCUT2D eigenvalue weighted by Crippen LogP contribution is 2.33. The van der Waals surface area contributed by atoms with Gasteiger partial charge < -0.3 is 10.1 Å². The minimum atomic E-state index is -0.309. The molecule has 0 saturated heterocycles. The Morgan fingerprint density at radius 1 is 1.10 bits per heavy atom. The second kappa shape index (κ2) is 8.02. The first-order valence-corrected chi connectivity index (χ1v) is 7.75. The third kappa shape index (κ3) is 8.57. The van der Waals surface area contributed by atoms with Crippen LogP contribution in [-0.2, 0) is 9.53 Å². The quantitative estimate of drug-likeness (QED) is 0.735. The van der Waals surface area contributed by atoms with Crippen LogP contribution in [0.1, 0.15) is 61.3 Å². The van der Waals surface area contributed by atoms with Gasteiger partial charge in [0.1, 0.15) is 0 Å². The van der Waals surface area contributed by atoms with E-state index in [0.717, 1.165) is 26.0 Å². The van der Waals surface area contributed by atoms with Crippen LogP contribution < -0.4 is 5.32 Å². The molecule has 120 valence electrons. The summed E-state index contributed by atoms with van der Waals surface area (Å²) in [5.74, 6) is 1.18. The SMILES string of the molecule is COC[C@@H](C)C[C@@H](C)CNC(=O)C(C)(C)CC(C)(C)C. The Bertz CT molecular complexity index is 292. The number of methoxy groups -OCH3 is 1. The Morgan fingerprint density at radius 2 is 1.65 bits per heavy atom. The van der Waals surface area contributed by atoms with E-state index in [-0.39, 0.29) is 16.7 Å². The van der Waals surface area contributed by atoms with Crippen LogP contribution in [0.3, 0.4) is 0 Å². The average Bonchev–Trinajstić information content (AvgIpc) is 2.22. The van der Waals surface area contributed by atoms with Gasteiger partial charge >= 0.3 is 0 Å². The van der Waals surface area contributed by atoms with Crippen LogP contribution in [0.15, 0.2) is 0 Å². The highest BCUT2D eigenvalue weighted by molar-refractivity contribution is 5.81. The first-order chi connectivity index (χ1) is 8.98. The molecule has 0 saturated carbocycles. The largest absolute Gasteiger partial charge is 0.384 e. The Morgan fingerprint density at radius 3 is 2.10 bits per heavy atom. The van der Waals surface area contributed by atoms with E-state index in [4.69, 9.17) is 4.74 Å². The van der Waals surface area contributed by atoms with Crippen molar-refractivity contribution < 1.29 is 9.53 Å². The molecule has 20 heavy (non-hydrogen) atoms. The molecule has 0 aliphatic carbocycles. The number of carbonyl (C=O) groups excluding carboxylic acids is 1. The normalized spacial score (nSPS) is 15.8. The smallest absolute Gasteiger partial charge is 0.225 e. The standard InChI is InChI=1S/C17H35NO2/c1-13(9-14(2)11-20-8)10-18-15(19)17(6,7)12-16(3,4)5/h13-14H,9-12H2,1-8H3,(H,18,19)/t13-,14+/m1/s1. The van der Waals surface area contributed by atoms with Crippen LogP contribution in [0, 0.1) is 22.7 Å². The molecule has 0 aromatic heterocycles. The van der Waals surface area contributed by atoms with Crippen molar-refractivity contribution in [2.45, 2.75) is 61.3 Å². The van der Waals surface area contributed by atoms with Crippen molar-refractivity contribution in [1.82, 2.24) is 5.32 Å². The van der Waals surface area contributed by atoms with E-state index >= 15 is 0 Å². The lowest BCUT2D eigenvalue weighted by Crippen LogP contribution is -2.41. The summed E-state index contributed by atoms with van der Waals surface area (Å²) in [5.41, 5.74) is -0.143. The molecule has 0 rings (SSSR count). The molecular formula is C17H35NO2. The molecule has 0 aromatic carbocycles. The highest BCUT2D eigenvalue weighted by Gasteiger charge is 2.32. The van der Waals surface area contributed by atoms with Crippen molar-refractivity contribution >= 4 is 5.91 Å².